The first-order valence-electron chi connectivity index (χ1n) is 6.29. The monoisotopic (exact) mass is 271 g/mol. The van der Waals surface area contributed by atoms with Gasteiger partial charge in [-0.05, 0) is 67.8 Å². The Hall–Kier alpha value is -2.49. The zero-order chi connectivity index (χ0) is 14.9. The van der Waals surface area contributed by atoms with Crippen molar-refractivity contribution < 1.29 is 15.0 Å². The molecule has 0 unspecified atom stereocenters. The van der Waals surface area contributed by atoms with Gasteiger partial charge >= 0.3 is 0 Å². The van der Waals surface area contributed by atoms with E-state index in [0.29, 0.717) is 22.4 Å². The molecule has 2 aromatic rings. The third-order valence-electron chi connectivity index (χ3n) is 3.25. The number of carbonyl (C=O) groups is 1. The number of phenols is 2. The van der Waals surface area contributed by atoms with Crippen molar-refractivity contribution in [1.82, 2.24) is 0 Å². The number of nitrogens with one attached hydrogen (secondary N) is 1. The van der Waals surface area contributed by atoms with E-state index < -0.39 is 0 Å². The second-order valence-electron chi connectivity index (χ2n) is 4.91. The molecular formula is C16H17NO3. The van der Waals surface area contributed by atoms with Gasteiger partial charge in [-0.3, -0.25) is 4.79 Å². The van der Waals surface area contributed by atoms with Crippen molar-refractivity contribution >= 4 is 11.6 Å². The quantitative estimate of drug-likeness (QED) is 0.734. The molecule has 3 N–H and O–H groups in total. The standard InChI is InChI=1S/C16H17NO3/c1-9-8-15(19)11(3)7-13(9)17-16(20)12-4-5-14(18)10(2)6-12/h4-8,18-19H,1-3H3,(H,17,20). The van der Waals surface area contributed by atoms with Gasteiger partial charge in [-0.15, -0.1) is 0 Å². The van der Waals surface area contributed by atoms with Gasteiger partial charge < -0.3 is 15.5 Å². The highest BCUT2D eigenvalue weighted by atomic mass is 16.3. The van der Waals surface area contributed by atoms with Crippen molar-refractivity contribution in [2.75, 3.05) is 5.32 Å². The predicted molar refractivity (Wildman–Crippen MR) is 78.4 cm³/mol. The summed E-state index contributed by atoms with van der Waals surface area (Å²) in [5, 5.41) is 21.9. The molecule has 0 aliphatic rings. The van der Waals surface area contributed by atoms with Gasteiger partial charge in [0.25, 0.3) is 5.91 Å². The minimum atomic E-state index is -0.249. The van der Waals surface area contributed by atoms with Gasteiger partial charge in [0.05, 0.1) is 0 Å². The van der Waals surface area contributed by atoms with Gasteiger partial charge in [-0.25, -0.2) is 0 Å². The van der Waals surface area contributed by atoms with Gasteiger partial charge in [-0.1, -0.05) is 0 Å². The molecule has 20 heavy (non-hydrogen) atoms. The minimum Gasteiger partial charge on any atom is -0.508 e. The summed E-state index contributed by atoms with van der Waals surface area (Å²) in [5.74, 6) is 0.125. The third kappa shape index (κ3) is 2.74. The van der Waals surface area contributed by atoms with Crippen LogP contribution in [0.4, 0.5) is 5.69 Å². The molecular weight excluding hydrogens is 254 g/mol. The average Bonchev–Trinajstić information content (AvgIpc) is 2.39. The Morgan fingerprint density at radius 1 is 0.900 bits per heavy atom. The number of hydrogen-bond donors (Lipinski definition) is 3. The summed E-state index contributed by atoms with van der Waals surface area (Å²) in [6, 6.07) is 8.05. The van der Waals surface area contributed by atoms with Gasteiger partial charge in [0.1, 0.15) is 11.5 Å². The third-order valence-corrected chi connectivity index (χ3v) is 3.25. The van der Waals surface area contributed by atoms with Crippen LogP contribution in [0.3, 0.4) is 0 Å². The maximum Gasteiger partial charge on any atom is 0.255 e. The zero-order valence-electron chi connectivity index (χ0n) is 11.7. The summed E-state index contributed by atoms with van der Waals surface area (Å²) < 4.78 is 0. The molecule has 2 aromatic carbocycles. The lowest BCUT2D eigenvalue weighted by Gasteiger charge is -2.11. The number of hydrogen-bond acceptors (Lipinski definition) is 3. The van der Waals surface area contributed by atoms with E-state index in [9.17, 15) is 15.0 Å². The summed E-state index contributed by atoms with van der Waals surface area (Å²) in [4.78, 5) is 12.2. The predicted octanol–water partition coefficient (Wildman–Crippen LogP) is 3.28. The van der Waals surface area contributed by atoms with Crippen LogP contribution in [0.15, 0.2) is 30.3 Å². The van der Waals surface area contributed by atoms with Crippen molar-refractivity contribution in [3.8, 4) is 11.5 Å². The van der Waals surface area contributed by atoms with E-state index in [0.717, 1.165) is 5.56 Å². The first kappa shape index (κ1) is 13.9. The summed E-state index contributed by atoms with van der Waals surface area (Å²) in [5.41, 5.74) is 3.28. The molecule has 4 heteroatoms. The molecule has 0 radical (unpaired) electrons. The fourth-order valence-electron chi connectivity index (χ4n) is 1.93. The molecule has 0 saturated carbocycles. The largest absolute Gasteiger partial charge is 0.508 e. The van der Waals surface area contributed by atoms with Crippen LogP contribution < -0.4 is 5.32 Å². The second-order valence-corrected chi connectivity index (χ2v) is 4.91. The maximum atomic E-state index is 12.2. The molecule has 1 amide bonds. The smallest absolute Gasteiger partial charge is 0.255 e. The summed E-state index contributed by atoms with van der Waals surface area (Å²) >= 11 is 0. The lowest BCUT2D eigenvalue weighted by molar-refractivity contribution is 0.102. The van der Waals surface area contributed by atoms with E-state index in [-0.39, 0.29) is 17.4 Å². The fraction of sp³-hybridized carbons (Fsp3) is 0.188. The molecule has 0 aromatic heterocycles. The Bertz CT molecular complexity index is 678. The van der Waals surface area contributed by atoms with Crippen LogP contribution in [0.2, 0.25) is 0 Å². The SMILES string of the molecule is Cc1cc(C(=O)Nc2cc(C)c(O)cc2C)ccc1O. The van der Waals surface area contributed by atoms with E-state index >= 15 is 0 Å². The number of rotatable bonds is 2. The number of aryl methyl sites for hydroxylation is 3. The highest BCUT2D eigenvalue weighted by Crippen LogP contribution is 2.25. The van der Waals surface area contributed by atoms with Crippen LogP contribution in [0.1, 0.15) is 27.0 Å². The van der Waals surface area contributed by atoms with Crippen LogP contribution in [0.5, 0.6) is 11.5 Å². The number of anilines is 1. The number of phenolic OH excluding ortho intramolecular Hbond substituents is 2. The minimum absolute atomic E-state index is 0.165. The highest BCUT2D eigenvalue weighted by molar-refractivity contribution is 6.05. The summed E-state index contributed by atoms with van der Waals surface area (Å²) in [6.45, 7) is 5.33. The van der Waals surface area contributed by atoms with Crippen molar-refractivity contribution in [3.63, 3.8) is 0 Å². The molecule has 0 fully saturated rings. The number of carbonyl (C=O) groups excluding carboxylic acids is 1. The lowest BCUT2D eigenvalue weighted by atomic mass is 10.1. The summed E-state index contributed by atoms with van der Waals surface area (Å²) in [7, 11) is 0. The van der Waals surface area contributed by atoms with Crippen LogP contribution in [-0.4, -0.2) is 16.1 Å². The average molecular weight is 271 g/mol. The highest BCUT2D eigenvalue weighted by Gasteiger charge is 2.10. The fourth-order valence-corrected chi connectivity index (χ4v) is 1.93. The van der Waals surface area contributed by atoms with Gasteiger partial charge in [0.2, 0.25) is 0 Å². The van der Waals surface area contributed by atoms with Crippen LogP contribution in [0.25, 0.3) is 0 Å². The van der Waals surface area contributed by atoms with Gasteiger partial charge in [0, 0.05) is 11.3 Å². The number of aromatic hydroxyl groups is 2. The molecule has 4 nitrogen and oxygen atoms in total. The molecule has 0 spiro atoms. The Morgan fingerprint density at radius 2 is 1.55 bits per heavy atom. The normalized spacial score (nSPS) is 10.3. The van der Waals surface area contributed by atoms with Gasteiger partial charge in [0.15, 0.2) is 0 Å². The van der Waals surface area contributed by atoms with Crippen molar-refractivity contribution in [2.24, 2.45) is 0 Å². The Kier molecular flexibility index (Phi) is 3.66. The second kappa shape index (κ2) is 5.25. The van der Waals surface area contributed by atoms with Gasteiger partial charge in [-0.2, -0.15) is 0 Å². The van der Waals surface area contributed by atoms with Crippen molar-refractivity contribution in [1.29, 1.82) is 0 Å². The van der Waals surface area contributed by atoms with Crippen LogP contribution in [0, 0.1) is 20.8 Å². The molecule has 0 saturated heterocycles. The molecule has 0 aliphatic carbocycles. The topological polar surface area (TPSA) is 69.6 Å². The molecule has 2 rings (SSSR count). The Labute approximate surface area is 117 Å². The van der Waals surface area contributed by atoms with E-state index in [4.69, 9.17) is 0 Å². The molecule has 0 bridgehead atoms. The molecule has 0 atom stereocenters. The van der Waals surface area contributed by atoms with Crippen molar-refractivity contribution in [3.05, 3.63) is 52.6 Å². The van der Waals surface area contributed by atoms with E-state index in [2.05, 4.69) is 5.32 Å². The molecule has 0 heterocycles. The number of benzene rings is 2. The van der Waals surface area contributed by atoms with E-state index in [1.807, 2.05) is 6.92 Å². The van der Waals surface area contributed by atoms with E-state index in [1.54, 1.807) is 38.1 Å². The Balaban J connectivity index is 2.27. The van der Waals surface area contributed by atoms with Crippen LogP contribution in [-0.2, 0) is 0 Å². The maximum absolute atomic E-state index is 12.2. The zero-order valence-corrected chi connectivity index (χ0v) is 11.7. The Morgan fingerprint density at radius 3 is 2.20 bits per heavy atom. The lowest BCUT2D eigenvalue weighted by Crippen LogP contribution is -2.13. The first-order valence-corrected chi connectivity index (χ1v) is 6.29. The summed E-state index contributed by atoms with van der Waals surface area (Å²) in [6.07, 6.45) is 0. The first-order chi connectivity index (χ1) is 9.38. The molecule has 0 aliphatic heterocycles. The van der Waals surface area contributed by atoms with Crippen molar-refractivity contribution in [2.45, 2.75) is 20.8 Å². The van der Waals surface area contributed by atoms with Crippen LogP contribution >= 0.6 is 0 Å². The molecule has 104 valence electrons. The number of amides is 1. The van der Waals surface area contributed by atoms with E-state index in [1.165, 1.54) is 6.07 Å².